The van der Waals surface area contributed by atoms with Gasteiger partial charge in [0.25, 0.3) is 5.91 Å². The average Bonchev–Trinajstić information content (AvgIpc) is 3.84. The molecule has 0 aliphatic carbocycles. The predicted octanol–water partition coefficient (Wildman–Crippen LogP) is 4.27. The molecule has 3 amide bonds. The molecule has 4 N–H and O–H groups in total. The summed E-state index contributed by atoms with van der Waals surface area (Å²) in [6.07, 6.45) is 6.81. The lowest BCUT2D eigenvalue weighted by Crippen LogP contribution is -2.44. The molecule has 0 saturated carbocycles. The number of aromatic nitrogens is 6. The van der Waals surface area contributed by atoms with Crippen LogP contribution in [0.15, 0.2) is 84.2 Å². The normalized spacial score (nSPS) is 16.6. The fraction of sp³-hybridized carbons (Fsp3) is 0.286. The van der Waals surface area contributed by atoms with E-state index in [4.69, 9.17) is 4.74 Å². The minimum absolute atomic E-state index is 0.184. The van der Waals surface area contributed by atoms with E-state index in [9.17, 15) is 23.6 Å². The molecular formula is C42H43FN12O5. The number of likely N-dealkylation sites (N-methyl/N-ethyl adjacent to an activating group) is 1. The van der Waals surface area contributed by atoms with E-state index < -0.39 is 17.8 Å². The number of halogens is 1. The van der Waals surface area contributed by atoms with Gasteiger partial charge in [-0.2, -0.15) is 0 Å². The number of carbonyl (C=O) groups excluding carboxylic acids is 3. The molecule has 2 atom stereocenters. The van der Waals surface area contributed by atoms with E-state index in [1.165, 1.54) is 24.9 Å². The van der Waals surface area contributed by atoms with Crippen LogP contribution in [-0.4, -0.2) is 92.0 Å². The molecule has 2 aromatic carbocycles. The molecule has 6 aromatic rings. The Morgan fingerprint density at radius 3 is 2.47 bits per heavy atom. The molecular weight excluding hydrogens is 772 g/mol. The number of imide groups is 1. The van der Waals surface area contributed by atoms with Crippen LogP contribution in [-0.2, 0) is 23.2 Å². The second-order valence-corrected chi connectivity index (χ2v) is 14.7. The van der Waals surface area contributed by atoms with Crippen LogP contribution in [0, 0.1) is 5.82 Å². The first kappa shape index (κ1) is 39.6. The number of rotatable bonds is 12. The summed E-state index contributed by atoms with van der Waals surface area (Å²) in [4.78, 5) is 72.8. The summed E-state index contributed by atoms with van der Waals surface area (Å²) >= 11 is 0. The van der Waals surface area contributed by atoms with E-state index in [0.717, 1.165) is 48.7 Å². The summed E-state index contributed by atoms with van der Waals surface area (Å²) in [5.41, 5.74) is 4.85. The lowest BCUT2D eigenvalue weighted by Gasteiger charge is -2.26. The number of nitrogens with one attached hydrogen (secondary N) is 4. The number of ether oxygens (including phenoxy) is 1. The fourth-order valence-electron chi connectivity index (χ4n) is 7.93. The van der Waals surface area contributed by atoms with Crippen molar-refractivity contribution in [3.05, 3.63) is 107 Å². The minimum atomic E-state index is -0.743. The zero-order chi connectivity index (χ0) is 42.1. The van der Waals surface area contributed by atoms with Crippen molar-refractivity contribution in [2.45, 2.75) is 37.9 Å². The maximum Gasteiger partial charge on any atom is 0.329 e. The van der Waals surface area contributed by atoms with Gasteiger partial charge in [0.05, 0.1) is 58.7 Å². The first-order valence-corrected chi connectivity index (χ1v) is 19.4. The predicted molar refractivity (Wildman–Crippen MR) is 223 cm³/mol. The topological polar surface area (TPSA) is 194 Å². The summed E-state index contributed by atoms with van der Waals surface area (Å²) in [5, 5.41) is 11.5. The van der Waals surface area contributed by atoms with Crippen LogP contribution >= 0.6 is 0 Å². The number of piperidine rings is 1. The Labute approximate surface area is 343 Å². The van der Waals surface area contributed by atoms with Crippen molar-refractivity contribution < 1.29 is 23.5 Å². The zero-order valence-corrected chi connectivity index (χ0v) is 33.4. The first-order valence-electron chi connectivity index (χ1n) is 19.4. The Hall–Kier alpha value is -7.21. The van der Waals surface area contributed by atoms with Crippen molar-refractivity contribution in [3.8, 4) is 17.1 Å². The van der Waals surface area contributed by atoms with Gasteiger partial charge in [-0.25, -0.2) is 29.1 Å². The molecule has 0 radical (unpaired) electrons. The van der Waals surface area contributed by atoms with Crippen molar-refractivity contribution in [1.29, 1.82) is 0 Å². The summed E-state index contributed by atoms with van der Waals surface area (Å²) < 4.78 is 22.4. The van der Waals surface area contributed by atoms with Crippen LogP contribution in [0.4, 0.5) is 33.1 Å². The fourth-order valence-corrected chi connectivity index (χ4v) is 7.93. The molecule has 4 aromatic heterocycles. The van der Waals surface area contributed by atoms with Gasteiger partial charge in [0, 0.05) is 64.7 Å². The second-order valence-electron chi connectivity index (χ2n) is 14.7. The van der Waals surface area contributed by atoms with Crippen LogP contribution in [0.1, 0.15) is 41.2 Å². The number of pyridine rings is 2. The molecule has 0 bridgehead atoms. The first-order chi connectivity index (χ1) is 29.0. The van der Waals surface area contributed by atoms with Crippen molar-refractivity contribution in [1.82, 2.24) is 44.6 Å². The van der Waals surface area contributed by atoms with Gasteiger partial charge in [0.2, 0.25) is 11.8 Å². The Kier molecular flexibility index (Phi) is 10.9. The molecule has 2 aliphatic heterocycles. The third kappa shape index (κ3) is 7.71. The summed E-state index contributed by atoms with van der Waals surface area (Å²) in [5.74, 6) is -0.0271. The number of aryl methyl sites for hydroxylation is 1. The Morgan fingerprint density at radius 1 is 0.950 bits per heavy atom. The largest absolute Gasteiger partial charge is 0.494 e. The highest BCUT2D eigenvalue weighted by molar-refractivity contribution is 6.01. The number of imidazole rings is 1. The lowest BCUT2D eigenvalue weighted by molar-refractivity contribution is -0.135. The Bertz CT molecular complexity index is 2670. The van der Waals surface area contributed by atoms with Gasteiger partial charge in [0.15, 0.2) is 17.4 Å². The van der Waals surface area contributed by atoms with Gasteiger partial charge in [-0.3, -0.25) is 33.7 Å². The van der Waals surface area contributed by atoms with Crippen LogP contribution in [0.5, 0.6) is 5.75 Å². The molecule has 8 rings (SSSR count). The van der Waals surface area contributed by atoms with Crippen molar-refractivity contribution in [2.24, 2.45) is 7.05 Å². The third-order valence-corrected chi connectivity index (χ3v) is 11.0. The number of anilines is 5. The molecule has 0 spiro atoms. The van der Waals surface area contributed by atoms with E-state index in [-0.39, 0.29) is 47.8 Å². The van der Waals surface area contributed by atoms with Crippen molar-refractivity contribution in [3.63, 3.8) is 0 Å². The number of nitrogens with zero attached hydrogens (tertiary/aromatic N) is 8. The monoisotopic (exact) mass is 814 g/mol. The van der Waals surface area contributed by atoms with Gasteiger partial charge in [0.1, 0.15) is 17.7 Å². The van der Waals surface area contributed by atoms with Crippen LogP contribution in [0.2, 0.25) is 0 Å². The molecule has 2 saturated heterocycles. The molecule has 2 unspecified atom stereocenters. The second kappa shape index (κ2) is 16.6. The molecule has 17 nitrogen and oxygen atoms in total. The molecule has 2 fully saturated rings. The van der Waals surface area contributed by atoms with E-state index >= 15 is 0 Å². The SMILES string of the molecule is CNC(=O)c1cnc(Nc2ccc(CN(C)C3CCN(c4cccc5c4n(C)c(=O)n5C4CCC(=O)NC4=O)C3)cn2)cc1Nc1cccc(-c2ncc(F)cn2)c1OC. The zero-order valence-electron chi connectivity index (χ0n) is 33.4. The molecule has 6 heterocycles. The molecule has 60 heavy (non-hydrogen) atoms. The highest BCUT2D eigenvalue weighted by Gasteiger charge is 2.33. The molecule has 18 heteroatoms. The van der Waals surface area contributed by atoms with Gasteiger partial charge < -0.3 is 25.6 Å². The van der Waals surface area contributed by atoms with Gasteiger partial charge >= 0.3 is 5.69 Å². The highest BCUT2D eigenvalue weighted by atomic mass is 19.1. The van der Waals surface area contributed by atoms with Crippen LogP contribution < -0.4 is 36.6 Å². The quantitative estimate of drug-likeness (QED) is 0.128. The number of carbonyl (C=O) groups is 3. The van der Waals surface area contributed by atoms with E-state index in [2.05, 4.69) is 58.1 Å². The van der Waals surface area contributed by atoms with Crippen LogP contribution in [0.3, 0.4) is 0 Å². The van der Waals surface area contributed by atoms with Gasteiger partial charge in [-0.15, -0.1) is 0 Å². The molecule has 2 aliphatic rings. The maximum absolute atomic E-state index is 13.6. The number of benzene rings is 2. The third-order valence-electron chi connectivity index (χ3n) is 11.0. The van der Waals surface area contributed by atoms with Crippen molar-refractivity contribution >= 4 is 57.5 Å². The smallest absolute Gasteiger partial charge is 0.329 e. The van der Waals surface area contributed by atoms with E-state index in [1.807, 2.05) is 36.5 Å². The van der Waals surface area contributed by atoms with E-state index in [0.29, 0.717) is 46.4 Å². The number of para-hydroxylation sites is 2. The number of amides is 3. The van der Waals surface area contributed by atoms with Gasteiger partial charge in [-0.1, -0.05) is 18.2 Å². The summed E-state index contributed by atoms with van der Waals surface area (Å²) in [6.45, 7) is 2.18. The van der Waals surface area contributed by atoms with Crippen molar-refractivity contribution in [2.75, 3.05) is 49.8 Å². The lowest BCUT2D eigenvalue weighted by atomic mass is 10.1. The number of hydrogen-bond acceptors (Lipinski definition) is 13. The summed E-state index contributed by atoms with van der Waals surface area (Å²) in [6, 6.07) is 16.1. The number of methoxy groups -OCH3 is 1. The van der Waals surface area contributed by atoms with Crippen LogP contribution in [0.25, 0.3) is 22.4 Å². The number of hydrogen-bond donors (Lipinski definition) is 4. The average molecular weight is 815 g/mol. The minimum Gasteiger partial charge on any atom is -0.494 e. The van der Waals surface area contributed by atoms with E-state index in [1.54, 1.807) is 35.9 Å². The molecule has 308 valence electrons. The number of fused-ring (bicyclic) bond motifs is 1. The van der Waals surface area contributed by atoms with Gasteiger partial charge in [-0.05, 0) is 55.8 Å². The maximum atomic E-state index is 13.6. The Balaban J connectivity index is 0.946. The standard InChI is InChI=1S/C42H43FN12O5/c1-44-40(57)28-21-46-35(17-30(28)49-29-8-5-7-27(38(29)60-4)39-47-19-25(43)20-48-39)50-34-13-11-24(18-45-34)22-52(2)26-15-16-54(23-26)31-9-6-10-32-37(31)53(3)42(59)55(32)33-12-14-36(56)51-41(33)58/h5-11,13,17-21,26,33H,12,14-16,22-23H2,1-4H3,(H,44,57)(H,51,56,58)(H2,45,46,49,50). The Morgan fingerprint density at radius 2 is 1.73 bits per heavy atom. The highest BCUT2D eigenvalue weighted by Crippen LogP contribution is 2.38. The summed E-state index contributed by atoms with van der Waals surface area (Å²) in [7, 11) is 6.84.